The Labute approximate surface area is 157 Å². The molecule has 5 nitrogen and oxygen atoms in total. The number of carbonyl (C=O) groups is 2. The number of hydrogen-bond donors (Lipinski definition) is 3. The Hall–Kier alpha value is -1.88. The van der Waals surface area contributed by atoms with E-state index in [1.807, 2.05) is 32.9 Å². The molecule has 1 fully saturated rings. The summed E-state index contributed by atoms with van der Waals surface area (Å²) in [4.78, 5) is 25.4. The van der Waals surface area contributed by atoms with Gasteiger partial charge in [0.25, 0.3) is 5.91 Å². The average Bonchev–Trinajstić information content (AvgIpc) is 2.64. The van der Waals surface area contributed by atoms with Crippen molar-refractivity contribution in [2.24, 2.45) is 17.6 Å². The Balaban J connectivity index is 2.01. The summed E-state index contributed by atoms with van der Waals surface area (Å²) in [7, 11) is 0. The second-order valence-electron chi connectivity index (χ2n) is 7.81. The standard InChI is InChI=1S/C21H33N3O2/c1-14(2)19(24-20(25)17-11-9-15(3)10-12-17)21(26)23-18(13-22)16-7-5-4-6-8-16/h9-12,14,16,18-19H,4-8,13,22H2,1-3H3,(H,23,26)(H,24,25). The van der Waals surface area contributed by atoms with E-state index in [9.17, 15) is 9.59 Å². The molecule has 26 heavy (non-hydrogen) atoms. The third kappa shape index (κ3) is 5.56. The number of nitrogens with two attached hydrogens (primary N) is 1. The highest BCUT2D eigenvalue weighted by atomic mass is 16.2. The lowest BCUT2D eigenvalue weighted by Crippen LogP contribution is -2.55. The van der Waals surface area contributed by atoms with Gasteiger partial charge in [0.1, 0.15) is 6.04 Å². The van der Waals surface area contributed by atoms with Gasteiger partial charge >= 0.3 is 0 Å². The van der Waals surface area contributed by atoms with E-state index in [-0.39, 0.29) is 23.8 Å². The molecule has 1 aromatic carbocycles. The Morgan fingerprint density at radius 2 is 1.69 bits per heavy atom. The molecule has 2 atom stereocenters. The van der Waals surface area contributed by atoms with Crippen LogP contribution in [0, 0.1) is 18.8 Å². The van der Waals surface area contributed by atoms with Gasteiger partial charge in [-0.1, -0.05) is 50.8 Å². The van der Waals surface area contributed by atoms with Gasteiger partial charge in [0.15, 0.2) is 0 Å². The van der Waals surface area contributed by atoms with Crippen molar-refractivity contribution in [3.8, 4) is 0 Å². The van der Waals surface area contributed by atoms with Crippen LogP contribution in [-0.2, 0) is 4.79 Å². The zero-order valence-electron chi connectivity index (χ0n) is 16.3. The van der Waals surface area contributed by atoms with Crippen LogP contribution in [0.5, 0.6) is 0 Å². The van der Waals surface area contributed by atoms with Gasteiger partial charge in [-0.3, -0.25) is 9.59 Å². The molecule has 2 amide bonds. The van der Waals surface area contributed by atoms with Crippen molar-refractivity contribution in [3.63, 3.8) is 0 Å². The minimum Gasteiger partial charge on any atom is -0.350 e. The first kappa shape index (κ1) is 20.4. The fraction of sp³-hybridized carbons (Fsp3) is 0.619. The smallest absolute Gasteiger partial charge is 0.251 e. The fourth-order valence-electron chi connectivity index (χ4n) is 3.64. The summed E-state index contributed by atoms with van der Waals surface area (Å²) in [6.07, 6.45) is 5.90. The summed E-state index contributed by atoms with van der Waals surface area (Å²) in [5.74, 6) is 0.0785. The first-order valence-electron chi connectivity index (χ1n) is 9.80. The number of benzene rings is 1. The van der Waals surface area contributed by atoms with Crippen LogP contribution in [0.4, 0.5) is 0 Å². The monoisotopic (exact) mass is 359 g/mol. The van der Waals surface area contributed by atoms with E-state index < -0.39 is 6.04 Å². The van der Waals surface area contributed by atoms with Gasteiger partial charge in [0.2, 0.25) is 5.91 Å². The topological polar surface area (TPSA) is 84.2 Å². The second-order valence-corrected chi connectivity index (χ2v) is 7.81. The minimum atomic E-state index is -0.568. The molecule has 0 saturated heterocycles. The molecular formula is C21H33N3O2. The first-order chi connectivity index (χ1) is 12.4. The zero-order chi connectivity index (χ0) is 19.1. The fourth-order valence-corrected chi connectivity index (χ4v) is 3.64. The number of nitrogens with one attached hydrogen (secondary N) is 2. The number of hydrogen-bond acceptors (Lipinski definition) is 3. The molecule has 4 N–H and O–H groups in total. The summed E-state index contributed by atoms with van der Waals surface area (Å²) in [6, 6.07) is 6.77. The van der Waals surface area contributed by atoms with Gasteiger partial charge in [-0.2, -0.15) is 0 Å². The molecule has 1 aliphatic carbocycles. The van der Waals surface area contributed by atoms with E-state index in [4.69, 9.17) is 5.73 Å². The summed E-state index contributed by atoms with van der Waals surface area (Å²) in [5, 5.41) is 6.00. The van der Waals surface area contributed by atoms with Crippen molar-refractivity contribution in [2.75, 3.05) is 6.54 Å². The van der Waals surface area contributed by atoms with Gasteiger partial charge in [0.05, 0.1) is 0 Å². The van der Waals surface area contributed by atoms with Crippen molar-refractivity contribution in [3.05, 3.63) is 35.4 Å². The lowest BCUT2D eigenvalue weighted by atomic mass is 9.83. The van der Waals surface area contributed by atoms with E-state index in [1.165, 1.54) is 19.3 Å². The van der Waals surface area contributed by atoms with E-state index in [2.05, 4.69) is 10.6 Å². The SMILES string of the molecule is Cc1ccc(C(=O)NC(C(=O)NC(CN)C2CCCCC2)C(C)C)cc1. The molecule has 1 aliphatic rings. The Bertz CT molecular complexity index is 592. The highest BCUT2D eigenvalue weighted by molar-refractivity contribution is 5.97. The number of amides is 2. The van der Waals surface area contributed by atoms with Crippen molar-refractivity contribution < 1.29 is 9.59 Å². The Kier molecular flexibility index (Phi) is 7.64. The molecule has 0 aliphatic heterocycles. The highest BCUT2D eigenvalue weighted by Crippen LogP contribution is 2.26. The number of carbonyl (C=O) groups excluding carboxylic acids is 2. The Morgan fingerprint density at radius 3 is 2.23 bits per heavy atom. The molecule has 5 heteroatoms. The van der Waals surface area contributed by atoms with Crippen molar-refractivity contribution in [1.29, 1.82) is 0 Å². The lowest BCUT2D eigenvalue weighted by molar-refractivity contribution is -0.125. The van der Waals surface area contributed by atoms with E-state index in [0.717, 1.165) is 18.4 Å². The predicted molar refractivity (Wildman–Crippen MR) is 105 cm³/mol. The van der Waals surface area contributed by atoms with Crippen LogP contribution in [0.1, 0.15) is 61.9 Å². The minimum absolute atomic E-state index is 0.00539. The molecule has 1 saturated carbocycles. The normalized spacial score (nSPS) is 17.6. The van der Waals surface area contributed by atoms with Gasteiger partial charge < -0.3 is 16.4 Å². The average molecular weight is 360 g/mol. The van der Waals surface area contributed by atoms with Crippen molar-refractivity contribution >= 4 is 11.8 Å². The molecule has 1 aromatic rings. The van der Waals surface area contributed by atoms with Gasteiger partial charge in [-0.25, -0.2) is 0 Å². The zero-order valence-corrected chi connectivity index (χ0v) is 16.3. The van der Waals surface area contributed by atoms with Crippen LogP contribution in [0.25, 0.3) is 0 Å². The summed E-state index contributed by atoms with van der Waals surface area (Å²) < 4.78 is 0. The molecule has 0 radical (unpaired) electrons. The third-order valence-corrected chi connectivity index (χ3v) is 5.35. The van der Waals surface area contributed by atoms with Crippen LogP contribution < -0.4 is 16.4 Å². The maximum Gasteiger partial charge on any atom is 0.251 e. The number of rotatable bonds is 7. The van der Waals surface area contributed by atoms with Crippen LogP contribution in [0.15, 0.2) is 24.3 Å². The molecular weight excluding hydrogens is 326 g/mol. The number of aryl methyl sites for hydroxylation is 1. The predicted octanol–water partition coefficient (Wildman–Crippen LogP) is 2.77. The van der Waals surface area contributed by atoms with Crippen molar-refractivity contribution in [1.82, 2.24) is 10.6 Å². The van der Waals surface area contributed by atoms with E-state index in [1.54, 1.807) is 12.1 Å². The molecule has 2 unspecified atom stereocenters. The second kappa shape index (κ2) is 9.72. The third-order valence-electron chi connectivity index (χ3n) is 5.35. The van der Waals surface area contributed by atoms with Gasteiger partial charge in [-0.05, 0) is 43.7 Å². The van der Waals surface area contributed by atoms with Gasteiger partial charge in [0, 0.05) is 18.2 Å². The largest absolute Gasteiger partial charge is 0.350 e. The van der Waals surface area contributed by atoms with Gasteiger partial charge in [-0.15, -0.1) is 0 Å². The van der Waals surface area contributed by atoms with Crippen molar-refractivity contribution in [2.45, 2.75) is 65.0 Å². The summed E-state index contributed by atoms with van der Waals surface area (Å²) >= 11 is 0. The first-order valence-corrected chi connectivity index (χ1v) is 9.80. The maximum absolute atomic E-state index is 12.8. The summed E-state index contributed by atoms with van der Waals surface area (Å²) in [6.45, 7) is 6.30. The van der Waals surface area contributed by atoms with Crippen LogP contribution >= 0.6 is 0 Å². The van der Waals surface area contributed by atoms with Crippen LogP contribution in [0.2, 0.25) is 0 Å². The van der Waals surface area contributed by atoms with E-state index >= 15 is 0 Å². The van der Waals surface area contributed by atoms with Crippen LogP contribution in [0.3, 0.4) is 0 Å². The highest BCUT2D eigenvalue weighted by Gasteiger charge is 2.29. The molecule has 0 aromatic heterocycles. The molecule has 0 spiro atoms. The van der Waals surface area contributed by atoms with Crippen LogP contribution in [-0.4, -0.2) is 30.4 Å². The summed E-state index contributed by atoms with van der Waals surface area (Å²) in [5.41, 5.74) is 7.59. The molecule has 144 valence electrons. The quantitative estimate of drug-likeness (QED) is 0.700. The Morgan fingerprint density at radius 1 is 1.08 bits per heavy atom. The molecule has 2 rings (SSSR count). The molecule has 0 heterocycles. The maximum atomic E-state index is 12.8. The molecule has 0 bridgehead atoms. The lowest BCUT2D eigenvalue weighted by Gasteiger charge is -2.32. The van der Waals surface area contributed by atoms with E-state index in [0.29, 0.717) is 18.0 Å².